The van der Waals surface area contributed by atoms with Gasteiger partial charge < -0.3 is 29.9 Å². The molecule has 1 aliphatic carbocycles. The van der Waals surface area contributed by atoms with Crippen LogP contribution in [-0.4, -0.2) is 118 Å². The van der Waals surface area contributed by atoms with E-state index < -0.39 is 11.6 Å². The molecule has 1 aromatic carbocycles. The Morgan fingerprint density at radius 2 is 1.63 bits per heavy atom. The Kier molecular flexibility index (Phi) is 12.1. The molecule has 5 aromatic rings. The van der Waals surface area contributed by atoms with E-state index in [0.717, 1.165) is 104 Å². The molecule has 5 aliphatic heterocycles. The zero-order valence-electron chi connectivity index (χ0n) is 40.3. The largest absolute Gasteiger partial charge is 0.480 e. The van der Waals surface area contributed by atoms with Gasteiger partial charge in [-0.2, -0.15) is 0 Å². The van der Waals surface area contributed by atoms with Gasteiger partial charge in [0.05, 0.1) is 29.5 Å². The van der Waals surface area contributed by atoms with Crippen molar-refractivity contribution in [1.29, 1.82) is 0 Å². The Bertz CT molecular complexity index is 2890. The number of nitrogens with one attached hydrogen (secondary N) is 2. The van der Waals surface area contributed by atoms with Crippen LogP contribution in [0.2, 0.25) is 0 Å². The Balaban J connectivity index is 0.729. The fraction of sp³-hybridized carbons (Fsp3) is 0.453. The van der Waals surface area contributed by atoms with E-state index >= 15 is 0 Å². The lowest BCUT2D eigenvalue weighted by molar-refractivity contribution is -0.136. The van der Waals surface area contributed by atoms with Crippen LogP contribution in [-0.2, 0) is 41.0 Å². The van der Waals surface area contributed by atoms with Crippen LogP contribution in [0.5, 0.6) is 5.88 Å². The van der Waals surface area contributed by atoms with E-state index in [0.29, 0.717) is 59.9 Å². The normalized spacial score (nSPS) is 21.2. The van der Waals surface area contributed by atoms with Crippen molar-refractivity contribution >= 4 is 63.7 Å². The summed E-state index contributed by atoms with van der Waals surface area (Å²) < 4.78 is 5.71. The van der Waals surface area contributed by atoms with Gasteiger partial charge in [-0.15, -0.1) is 11.3 Å². The minimum atomic E-state index is -1.33. The van der Waals surface area contributed by atoms with Gasteiger partial charge >= 0.3 is 0 Å². The topological polar surface area (TPSA) is 177 Å². The smallest absolute Gasteiger partial charge is 0.269 e. The highest BCUT2D eigenvalue weighted by molar-refractivity contribution is 7.14. The van der Waals surface area contributed by atoms with Crippen molar-refractivity contribution in [3.05, 3.63) is 98.6 Å². The van der Waals surface area contributed by atoms with E-state index in [9.17, 15) is 24.3 Å². The van der Waals surface area contributed by atoms with Crippen LogP contribution >= 0.6 is 11.3 Å². The molecule has 0 bridgehead atoms. The third-order valence-corrected chi connectivity index (χ3v) is 16.6. The molecule has 0 radical (unpaired) electrons. The van der Waals surface area contributed by atoms with E-state index in [-0.39, 0.29) is 36.1 Å². The van der Waals surface area contributed by atoms with Crippen LogP contribution in [0, 0.1) is 0 Å². The van der Waals surface area contributed by atoms with E-state index in [1.54, 1.807) is 54.5 Å². The molecule has 4 aromatic heterocycles. The summed E-state index contributed by atoms with van der Waals surface area (Å²) in [6.45, 7) is 11.3. The molecule has 0 saturated carbocycles. The predicted octanol–water partition coefficient (Wildman–Crippen LogP) is 6.60. The molecule has 2 atom stereocenters. The maximum absolute atomic E-state index is 14.2. The first-order chi connectivity index (χ1) is 33.8. The van der Waals surface area contributed by atoms with Crippen LogP contribution < -0.4 is 30.1 Å². The van der Waals surface area contributed by atoms with Crippen LogP contribution in [0.25, 0.3) is 11.1 Å². The predicted molar refractivity (Wildman–Crippen MR) is 269 cm³/mol. The lowest BCUT2D eigenvalue weighted by Gasteiger charge is -2.46. The number of ether oxygens (including phenoxy) is 1. The number of piperidine rings is 2. The zero-order chi connectivity index (χ0) is 48.4. The number of thiophene rings is 1. The summed E-state index contributed by atoms with van der Waals surface area (Å²) >= 11 is 1.64. The monoisotopic (exact) mass is 964 g/mol. The van der Waals surface area contributed by atoms with Gasteiger partial charge in [0.25, 0.3) is 11.8 Å². The summed E-state index contributed by atoms with van der Waals surface area (Å²) in [7, 11) is 1.58. The number of nitrogens with zero attached hydrogens (tertiary/aromatic N) is 8. The number of rotatable bonds is 10. The number of hydrogen-bond donors (Lipinski definition) is 3. The van der Waals surface area contributed by atoms with Crippen LogP contribution in [0.3, 0.4) is 0 Å². The van der Waals surface area contributed by atoms with Crippen LogP contribution in [0.4, 0.5) is 28.7 Å². The summed E-state index contributed by atoms with van der Waals surface area (Å²) in [6, 6.07) is 14.1. The minimum absolute atomic E-state index is 0.0494. The van der Waals surface area contributed by atoms with Crippen molar-refractivity contribution in [1.82, 2.24) is 30.1 Å². The second-order valence-electron chi connectivity index (χ2n) is 20.1. The van der Waals surface area contributed by atoms with Crippen LogP contribution in [0.1, 0.15) is 106 Å². The molecule has 17 heteroatoms. The molecule has 3 saturated heterocycles. The Morgan fingerprint density at radius 3 is 2.39 bits per heavy atom. The van der Waals surface area contributed by atoms with Gasteiger partial charge in [0.15, 0.2) is 0 Å². The molecule has 0 spiro atoms. The highest BCUT2D eigenvalue weighted by Gasteiger charge is 2.41. The third-order valence-electron chi connectivity index (χ3n) is 15.3. The number of methoxy groups -OCH3 is 1. The number of carbonyl (C=O) groups excluding carboxylic acids is 4. The maximum atomic E-state index is 14.2. The van der Waals surface area contributed by atoms with Gasteiger partial charge in [0.1, 0.15) is 23.4 Å². The summed E-state index contributed by atoms with van der Waals surface area (Å²) in [5, 5.41) is 17.6. The lowest BCUT2D eigenvalue weighted by Crippen LogP contribution is -2.57. The molecule has 9 heterocycles. The molecular weight excluding hydrogens is 905 g/mol. The first-order valence-electron chi connectivity index (χ1n) is 24.8. The van der Waals surface area contributed by atoms with Crippen LogP contribution in [0.15, 0.2) is 61.1 Å². The van der Waals surface area contributed by atoms with E-state index in [2.05, 4.69) is 49.4 Å². The number of aliphatic hydroxyl groups is 1. The highest BCUT2D eigenvalue weighted by Crippen LogP contribution is 2.43. The first-order valence-corrected chi connectivity index (χ1v) is 25.6. The summed E-state index contributed by atoms with van der Waals surface area (Å²) in [5.41, 5.74) is 7.61. The molecule has 4 amide bonds. The molecule has 6 aliphatic rings. The molecule has 3 N–H and O–H groups in total. The number of hydrogen-bond acceptors (Lipinski definition) is 14. The van der Waals surface area contributed by atoms with Crippen molar-refractivity contribution < 1.29 is 29.0 Å². The van der Waals surface area contributed by atoms with E-state index in [4.69, 9.17) is 14.7 Å². The molecule has 70 heavy (non-hydrogen) atoms. The minimum Gasteiger partial charge on any atom is -0.480 e. The Morgan fingerprint density at radius 1 is 0.814 bits per heavy atom. The Labute approximate surface area is 412 Å². The first kappa shape index (κ1) is 46.0. The van der Waals surface area contributed by atoms with Gasteiger partial charge in [-0.25, -0.2) is 15.0 Å². The second-order valence-corrected chi connectivity index (χ2v) is 21.3. The number of aryl methyl sites for hydroxylation is 1. The van der Waals surface area contributed by atoms with E-state index in [1.807, 2.05) is 36.5 Å². The van der Waals surface area contributed by atoms with Crippen molar-refractivity contribution in [3.63, 3.8) is 0 Å². The van der Waals surface area contributed by atoms with Crippen molar-refractivity contribution in [3.8, 4) is 17.0 Å². The maximum Gasteiger partial charge on any atom is 0.269 e. The number of amides is 4. The highest BCUT2D eigenvalue weighted by atomic mass is 32.1. The van der Waals surface area contributed by atoms with E-state index in [1.165, 1.54) is 22.4 Å². The number of benzene rings is 1. The average Bonchev–Trinajstić information content (AvgIpc) is 3.91. The molecule has 11 rings (SSSR count). The van der Waals surface area contributed by atoms with Gasteiger partial charge in [-0.1, -0.05) is 0 Å². The quantitative estimate of drug-likeness (QED) is 0.128. The fourth-order valence-corrected chi connectivity index (χ4v) is 13.2. The number of carbonyl (C=O) groups is 4. The number of imide groups is 1. The average molecular weight is 965 g/mol. The summed E-state index contributed by atoms with van der Waals surface area (Å²) in [6.07, 6.45) is 13.2. The third kappa shape index (κ3) is 8.44. The lowest BCUT2D eigenvalue weighted by atomic mass is 9.89. The van der Waals surface area contributed by atoms with Gasteiger partial charge in [-0.05, 0) is 137 Å². The SMILES string of the molecule is COc1ncc(-c2ccnc(N3CCc4c(sc5c4CCCC5)C3=O)c2C(C)(C)O)cc1Nc1ccc(N2CCN(C3CCN(c4ccc5c(c4)CN([C@H]4CCC(=O)NC4=O)C5=O)CC3)C[C@@H]2C)cn1. The number of anilines is 5. The second kappa shape index (κ2) is 18.4. The molecule has 364 valence electrons. The van der Waals surface area contributed by atoms with Crippen molar-refractivity contribution in [2.24, 2.45) is 0 Å². The molecule has 0 unspecified atom stereocenters. The van der Waals surface area contributed by atoms with Crippen molar-refractivity contribution in [2.45, 2.75) is 109 Å². The Hall–Kier alpha value is -6.43. The number of fused-ring (bicyclic) bond motifs is 4. The number of piperazine rings is 1. The number of aromatic nitrogens is 3. The molecular formula is C53H60N10O6S. The standard InChI is InChI=1S/C53H60N10O6S/c1-31-29-60(34-16-20-59(21-17-34)35-9-11-38-33(25-35)30-63(51(38)66)42-12-14-45(64)58-49(42)65)23-24-61(31)36-10-13-44(55-28-36)57-41-26-32(27-56-50(41)69-4)37-15-19-54-48(46(37)53(2,3)68)62-22-18-40-39-7-5-6-8-43(39)70-47(40)52(62)67/h9-11,13,15,19,25-28,31,34,42,68H,5-8,12,14,16-18,20-24,29-30H2,1-4H3,(H,55,57)(H,58,64,65)/t31-,42-/m0/s1. The fourth-order valence-electron chi connectivity index (χ4n) is 11.8. The van der Waals surface area contributed by atoms with Gasteiger partial charge in [0, 0.05) is 104 Å². The summed E-state index contributed by atoms with van der Waals surface area (Å²) in [5.74, 6) is 0.623. The molecule has 3 fully saturated rings. The number of pyridine rings is 3. The zero-order valence-corrected chi connectivity index (χ0v) is 41.1. The van der Waals surface area contributed by atoms with Gasteiger partial charge in [-0.3, -0.25) is 34.3 Å². The molecule has 16 nitrogen and oxygen atoms in total. The summed E-state index contributed by atoms with van der Waals surface area (Å²) in [4.78, 5) is 79.0. The van der Waals surface area contributed by atoms with Crippen molar-refractivity contribution in [2.75, 3.05) is 66.4 Å². The van der Waals surface area contributed by atoms with Gasteiger partial charge in [0.2, 0.25) is 17.7 Å².